The van der Waals surface area contributed by atoms with Crippen molar-refractivity contribution in [2.45, 2.75) is 33.1 Å². The van der Waals surface area contributed by atoms with Gasteiger partial charge < -0.3 is 15.6 Å². The molecule has 0 amide bonds. The monoisotopic (exact) mass is 299 g/mol. The Balaban J connectivity index is 0.00000361. The largest absolute Gasteiger partial charge is 0.505 e. The van der Waals surface area contributed by atoms with Crippen LogP contribution in [0.25, 0.3) is 6.08 Å². The number of esters is 1. The van der Waals surface area contributed by atoms with Crippen molar-refractivity contribution in [3.63, 3.8) is 0 Å². The number of hydrogen-bond acceptors (Lipinski definition) is 4. The highest BCUT2D eigenvalue weighted by atomic mass is 35.5. The van der Waals surface area contributed by atoms with E-state index < -0.39 is 5.97 Å². The zero-order chi connectivity index (χ0) is 14.6. The van der Waals surface area contributed by atoms with Gasteiger partial charge in [-0.1, -0.05) is 20.8 Å². The molecule has 0 spiro atoms. The molecule has 20 heavy (non-hydrogen) atoms. The first-order valence-electron chi connectivity index (χ1n) is 6.23. The van der Waals surface area contributed by atoms with E-state index in [2.05, 4.69) is 20.8 Å². The average molecular weight is 300 g/mol. The maximum absolute atomic E-state index is 11.3. The van der Waals surface area contributed by atoms with E-state index in [4.69, 9.17) is 10.5 Å². The number of nitrogen functional groups attached to an aromatic ring is 1. The average Bonchev–Trinajstić information content (AvgIpc) is 2.30. The number of carbonyl (C=O) groups excluding carboxylic acids is 1. The van der Waals surface area contributed by atoms with Crippen molar-refractivity contribution in [2.24, 2.45) is 0 Å². The molecule has 0 unspecified atom stereocenters. The quantitative estimate of drug-likeness (QED) is 0.389. The van der Waals surface area contributed by atoms with Crippen LogP contribution in [0.4, 0.5) is 5.69 Å². The van der Waals surface area contributed by atoms with Gasteiger partial charge in [-0.05, 0) is 36.1 Å². The summed E-state index contributed by atoms with van der Waals surface area (Å²) in [6.45, 7) is 8.22. The molecule has 0 saturated heterocycles. The summed E-state index contributed by atoms with van der Waals surface area (Å²) in [5, 5.41) is 9.90. The molecule has 3 N–H and O–H groups in total. The molecule has 0 aliphatic carbocycles. The Morgan fingerprint density at radius 1 is 1.40 bits per heavy atom. The molecule has 1 rings (SSSR count). The fraction of sp³-hybridized carbons (Fsp3) is 0.400. The third-order valence-corrected chi connectivity index (χ3v) is 2.72. The third-order valence-electron chi connectivity index (χ3n) is 2.72. The summed E-state index contributed by atoms with van der Waals surface area (Å²) in [4.78, 5) is 11.3. The summed E-state index contributed by atoms with van der Waals surface area (Å²) in [6.07, 6.45) is 2.80. The van der Waals surface area contributed by atoms with Crippen LogP contribution in [0.5, 0.6) is 5.75 Å². The zero-order valence-electron chi connectivity index (χ0n) is 12.3. The van der Waals surface area contributed by atoms with Crippen LogP contribution in [0.15, 0.2) is 18.2 Å². The minimum Gasteiger partial charge on any atom is -0.505 e. The number of benzene rings is 1. The van der Waals surface area contributed by atoms with Gasteiger partial charge >= 0.3 is 5.97 Å². The van der Waals surface area contributed by atoms with Crippen LogP contribution in [-0.2, 0) is 14.9 Å². The number of halogens is 1. The molecule has 0 fully saturated rings. The Bertz CT molecular complexity index is 505. The van der Waals surface area contributed by atoms with Crippen LogP contribution < -0.4 is 5.73 Å². The Labute approximate surface area is 126 Å². The van der Waals surface area contributed by atoms with E-state index in [1.807, 2.05) is 6.07 Å². The molecule has 0 radical (unpaired) electrons. The number of phenolic OH excluding ortho intramolecular Hbond substituents is 1. The van der Waals surface area contributed by atoms with Crippen LogP contribution in [0.1, 0.15) is 38.8 Å². The SMILES string of the molecule is CCOC(=O)/C=C/c1cc(C(C)(C)C)cc(N)c1O.Cl. The molecule has 0 aliphatic rings. The molecular formula is C15H22ClNO3. The summed E-state index contributed by atoms with van der Waals surface area (Å²) >= 11 is 0. The second-order valence-corrected chi connectivity index (χ2v) is 5.34. The van der Waals surface area contributed by atoms with E-state index in [9.17, 15) is 9.90 Å². The fourth-order valence-corrected chi connectivity index (χ4v) is 1.59. The molecule has 1 aromatic carbocycles. The minimum absolute atomic E-state index is 0. The van der Waals surface area contributed by atoms with Crippen molar-refractivity contribution in [2.75, 3.05) is 12.3 Å². The van der Waals surface area contributed by atoms with Crippen molar-refractivity contribution in [3.8, 4) is 5.75 Å². The predicted octanol–water partition coefficient (Wildman–Crippen LogP) is 3.27. The van der Waals surface area contributed by atoms with Gasteiger partial charge in [-0.15, -0.1) is 12.4 Å². The van der Waals surface area contributed by atoms with Crippen molar-refractivity contribution in [1.82, 2.24) is 0 Å². The molecule has 4 nitrogen and oxygen atoms in total. The molecule has 0 aliphatic heterocycles. The fourth-order valence-electron chi connectivity index (χ4n) is 1.59. The molecule has 0 atom stereocenters. The molecule has 0 saturated carbocycles. The Morgan fingerprint density at radius 3 is 2.50 bits per heavy atom. The number of hydrogen-bond donors (Lipinski definition) is 2. The number of carbonyl (C=O) groups is 1. The number of aromatic hydroxyl groups is 1. The normalized spacial score (nSPS) is 11.2. The molecule has 5 heteroatoms. The number of phenols is 1. The standard InChI is InChI=1S/C15H21NO3.ClH/c1-5-19-13(17)7-6-10-8-11(15(2,3)4)9-12(16)14(10)18;/h6-9,18H,5,16H2,1-4H3;1H/b7-6+;. The first kappa shape index (κ1) is 18.3. The highest BCUT2D eigenvalue weighted by Gasteiger charge is 2.17. The second kappa shape index (κ2) is 7.20. The second-order valence-electron chi connectivity index (χ2n) is 5.34. The lowest BCUT2D eigenvalue weighted by atomic mass is 9.85. The first-order valence-corrected chi connectivity index (χ1v) is 6.23. The van der Waals surface area contributed by atoms with Crippen molar-refractivity contribution in [1.29, 1.82) is 0 Å². The lowest BCUT2D eigenvalue weighted by Gasteiger charge is -2.20. The van der Waals surface area contributed by atoms with Crippen LogP contribution in [-0.4, -0.2) is 17.7 Å². The van der Waals surface area contributed by atoms with Gasteiger partial charge in [-0.3, -0.25) is 0 Å². The smallest absolute Gasteiger partial charge is 0.330 e. The lowest BCUT2D eigenvalue weighted by Crippen LogP contribution is -2.12. The summed E-state index contributed by atoms with van der Waals surface area (Å²) < 4.78 is 4.79. The molecular weight excluding hydrogens is 278 g/mol. The molecule has 0 bridgehead atoms. The van der Waals surface area contributed by atoms with E-state index in [1.165, 1.54) is 12.2 Å². The van der Waals surface area contributed by atoms with Gasteiger partial charge in [0.25, 0.3) is 0 Å². The van der Waals surface area contributed by atoms with Gasteiger partial charge in [0.1, 0.15) is 5.75 Å². The predicted molar refractivity (Wildman–Crippen MR) is 84.1 cm³/mol. The van der Waals surface area contributed by atoms with E-state index in [1.54, 1.807) is 13.0 Å². The topological polar surface area (TPSA) is 72.5 Å². The van der Waals surface area contributed by atoms with Gasteiger partial charge in [-0.2, -0.15) is 0 Å². The number of rotatable bonds is 3. The molecule has 0 aromatic heterocycles. The Hall–Kier alpha value is -1.68. The summed E-state index contributed by atoms with van der Waals surface area (Å²) in [5.74, 6) is -0.463. The summed E-state index contributed by atoms with van der Waals surface area (Å²) in [5.41, 5.74) is 7.50. The van der Waals surface area contributed by atoms with E-state index in [0.717, 1.165) is 5.56 Å². The van der Waals surface area contributed by atoms with Crippen molar-refractivity contribution < 1.29 is 14.6 Å². The number of ether oxygens (including phenoxy) is 1. The minimum atomic E-state index is -0.443. The third kappa shape index (κ3) is 4.78. The number of nitrogens with two attached hydrogens (primary N) is 1. The van der Waals surface area contributed by atoms with Gasteiger partial charge in [-0.25, -0.2) is 4.79 Å². The van der Waals surface area contributed by atoms with Gasteiger partial charge in [0.05, 0.1) is 12.3 Å². The lowest BCUT2D eigenvalue weighted by molar-refractivity contribution is -0.137. The summed E-state index contributed by atoms with van der Waals surface area (Å²) in [7, 11) is 0. The van der Waals surface area contributed by atoms with Gasteiger partial charge in [0, 0.05) is 11.6 Å². The van der Waals surface area contributed by atoms with Crippen LogP contribution in [0.2, 0.25) is 0 Å². The highest BCUT2D eigenvalue weighted by molar-refractivity contribution is 5.88. The molecule has 112 valence electrons. The van der Waals surface area contributed by atoms with Gasteiger partial charge in [0.2, 0.25) is 0 Å². The Kier molecular flexibility index (Phi) is 6.59. The summed E-state index contributed by atoms with van der Waals surface area (Å²) in [6, 6.07) is 3.57. The van der Waals surface area contributed by atoms with Gasteiger partial charge in [0.15, 0.2) is 0 Å². The van der Waals surface area contributed by atoms with E-state index >= 15 is 0 Å². The highest BCUT2D eigenvalue weighted by Crippen LogP contribution is 2.33. The molecule has 0 heterocycles. The van der Waals surface area contributed by atoms with E-state index in [-0.39, 0.29) is 23.6 Å². The maximum atomic E-state index is 11.3. The zero-order valence-corrected chi connectivity index (χ0v) is 13.1. The van der Waals surface area contributed by atoms with E-state index in [0.29, 0.717) is 17.9 Å². The Morgan fingerprint density at radius 2 is 2.00 bits per heavy atom. The van der Waals surface area contributed by atoms with Crippen LogP contribution in [0.3, 0.4) is 0 Å². The van der Waals surface area contributed by atoms with Crippen LogP contribution >= 0.6 is 12.4 Å². The first-order chi connectivity index (χ1) is 8.75. The number of anilines is 1. The van der Waals surface area contributed by atoms with Crippen molar-refractivity contribution in [3.05, 3.63) is 29.3 Å². The molecule has 1 aromatic rings. The van der Waals surface area contributed by atoms with Crippen molar-refractivity contribution >= 4 is 30.1 Å². The maximum Gasteiger partial charge on any atom is 0.330 e. The van der Waals surface area contributed by atoms with Crippen LogP contribution in [0, 0.1) is 0 Å².